The molecule has 0 spiro atoms. The number of amides is 1. The number of rotatable bonds is 3. The normalized spacial score (nSPS) is 16.1. The molecule has 1 aromatic carbocycles. The van der Waals surface area contributed by atoms with E-state index in [-0.39, 0.29) is 12.2 Å². The first-order chi connectivity index (χ1) is 10.5. The Morgan fingerprint density at radius 2 is 2.14 bits per heavy atom. The molecule has 0 atom stereocenters. The van der Waals surface area contributed by atoms with Crippen LogP contribution in [0.2, 0.25) is 0 Å². The molecular formula is C16H12N2O2S2. The number of carbonyl (C=O) groups excluding carboxylic acids is 2. The molecule has 22 heavy (non-hydrogen) atoms. The third kappa shape index (κ3) is 2.98. The summed E-state index contributed by atoms with van der Waals surface area (Å²) in [5, 5.41) is 2.91. The van der Waals surface area contributed by atoms with Gasteiger partial charge in [-0.15, -0.1) is 11.3 Å². The van der Waals surface area contributed by atoms with Gasteiger partial charge in [-0.2, -0.15) is 0 Å². The third-order valence-electron chi connectivity index (χ3n) is 3.24. The second kappa shape index (κ2) is 5.82. The highest BCUT2D eigenvalue weighted by Crippen LogP contribution is 2.30. The van der Waals surface area contributed by atoms with E-state index in [1.807, 2.05) is 18.2 Å². The van der Waals surface area contributed by atoms with Gasteiger partial charge in [-0.3, -0.25) is 9.59 Å². The van der Waals surface area contributed by atoms with Crippen molar-refractivity contribution in [2.75, 3.05) is 0 Å². The van der Waals surface area contributed by atoms with E-state index in [1.54, 1.807) is 24.3 Å². The van der Waals surface area contributed by atoms with Crippen LogP contribution in [0.4, 0.5) is 0 Å². The summed E-state index contributed by atoms with van der Waals surface area (Å²) in [5.41, 5.74) is 7.23. The number of allylic oxidation sites excluding steroid dienone is 1. The second-order valence-electron chi connectivity index (χ2n) is 4.85. The highest BCUT2D eigenvalue weighted by molar-refractivity contribution is 7.80. The largest absolute Gasteiger partial charge is 0.366 e. The van der Waals surface area contributed by atoms with E-state index in [0.717, 1.165) is 15.3 Å². The van der Waals surface area contributed by atoms with Crippen molar-refractivity contribution in [3.63, 3.8) is 0 Å². The Kier molecular flexibility index (Phi) is 3.87. The summed E-state index contributed by atoms with van der Waals surface area (Å²) in [6, 6.07) is 11.1. The van der Waals surface area contributed by atoms with Crippen LogP contribution in [0.5, 0.6) is 0 Å². The number of nitrogens with one attached hydrogen (secondary N) is 1. The maximum Gasteiger partial charge on any atom is 0.248 e. The summed E-state index contributed by atoms with van der Waals surface area (Å²) in [5.74, 6) is -0.439. The Bertz CT molecular complexity index is 821. The number of ketones is 1. The lowest BCUT2D eigenvalue weighted by Crippen LogP contribution is -2.10. The van der Waals surface area contributed by atoms with Gasteiger partial charge in [0, 0.05) is 15.3 Å². The average Bonchev–Trinajstić information content (AvgIpc) is 3.06. The lowest BCUT2D eigenvalue weighted by Gasteiger charge is -2.00. The fourth-order valence-corrected chi connectivity index (χ4v) is 3.36. The number of hydrogen-bond donors (Lipinski definition) is 2. The maximum absolute atomic E-state index is 11.7. The van der Waals surface area contributed by atoms with Gasteiger partial charge in [0.15, 0.2) is 5.78 Å². The van der Waals surface area contributed by atoms with Crippen LogP contribution in [0.3, 0.4) is 0 Å². The Labute approximate surface area is 136 Å². The summed E-state index contributed by atoms with van der Waals surface area (Å²) in [7, 11) is 0. The van der Waals surface area contributed by atoms with Crippen LogP contribution in [-0.2, 0) is 4.79 Å². The summed E-state index contributed by atoms with van der Waals surface area (Å²) in [6.45, 7) is 0. The zero-order chi connectivity index (χ0) is 15.7. The van der Waals surface area contributed by atoms with E-state index in [2.05, 4.69) is 5.32 Å². The number of thiophene rings is 1. The van der Waals surface area contributed by atoms with Gasteiger partial charge in [0.1, 0.15) is 0 Å². The van der Waals surface area contributed by atoms with Crippen molar-refractivity contribution >= 4 is 46.3 Å². The molecule has 1 fully saturated rings. The number of hydrogen-bond acceptors (Lipinski definition) is 4. The highest BCUT2D eigenvalue weighted by atomic mass is 32.1. The molecule has 1 aliphatic rings. The van der Waals surface area contributed by atoms with Crippen LogP contribution in [0.1, 0.15) is 21.7 Å². The van der Waals surface area contributed by atoms with E-state index in [9.17, 15) is 9.59 Å². The van der Waals surface area contributed by atoms with Crippen molar-refractivity contribution in [1.82, 2.24) is 5.32 Å². The Morgan fingerprint density at radius 1 is 1.32 bits per heavy atom. The molecule has 0 aliphatic carbocycles. The van der Waals surface area contributed by atoms with Gasteiger partial charge < -0.3 is 11.1 Å². The summed E-state index contributed by atoms with van der Waals surface area (Å²) in [6.07, 6.45) is 2.08. The van der Waals surface area contributed by atoms with Crippen molar-refractivity contribution in [3.05, 3.63) is 52.5 Å². The average molecular weight is 328 g/mol. The molecule has 110 valence electrons. The first-order valence-electron chi connectivity index (χ1n) is 6.58. The molecule has 0 bridgehead atoms. The number of thiocarbonyl (C=S) groups is 1. The molecule has 3 N–H and O–H groups in total. The van der Waals surface area contributed by atoms with Crippen molar-refractivity contribution < 1.29 is 9.59 Å². The summed E-state index contributed by atoms with van der Waals surface area (Å²) in [4.78, 5) is 25.5. The second-order valence-corrected chi connectivity index (χ2v) is 6.46. The van der Waals surface area contributed by atoms with Gasteiger partial charge in [-0.1, -0.05) is 24.4 Å². The fraction of sp³-hybridized carbons (Fsp3) is 0.0625. The summed E-state index contributed by atoms with van der Waals surface area (Å²) < 4.78 is 0. The molecule has 1 aromatic heterocycles. The molecular weight excluding hydrogens is 316 g/mol. The molecule has 2 aromatic rings. The molecule has 0 unspecified atom stereocenters. The zero-order valence-corrected chi connectivity index (χ0v) is 13.1. The van der Waals surface area contributed by atoms with Gasteiger partial charge in [-0.05, 0) is 35.9 Å². The standard InChI is InChI=1S/C16H12N2O2S2/c17-16(20)10-3-1-2-9(6-10)14-5-4-11(22-14)7-12-13(19)8-15(21)18-12/h1-7H,8H2,(H2,17,20)(H,18,21)/b12-7+. The number of Topliss-reactive ketones (excluding diaryl/α,β-unsaturated/α-hetero) is 1. The van der Waals surface area contributed by atoms with E-state index >= 15 is 0 Å². The molecule has 2 heterocycles. The predicted octanol–water partition coefficient (Wildman–Crippen LogP) is 2.74. The van der Waals surface area contributed by atoms with Gasteiger partial charge in [0.25, 0.3) is 0 Å². The number of nitrogens with two attached hydrogens (primary N) is 1. The highest BCUT2D eigenvalue weighted by Gasteiger charge is 2.21. The predicted molar refractivity (Wildman–Crippen MR) is 91.6 cm³/mol. The minimum absolute atomic E-state index is 0.00989. The lowest BCUT2D eigenvalue weighted by atomic mass is 10.1. The van der Waals surface area contributed by atoms with Crippen molar-refractivity contribution in [1.29, 1.82) is 0 Å². The number of benzene rings is 1. The van der Waals surface area contributed by atoms with Gasteiger partial charge >= 0.3 is 0 Å². The fourth-order valence-electron chi connectivity index (χ4n) is 2.18. The molecule has 0 radical (unpaired) electrons. The molecule has 3 rings (SSSR count). The Morgan fingerprint density at radius 3 is 2.82 bits per heavy atom. The molecule has 1 aliphatic heterocycles. The molecule has 1 saturated heterocycles. The van der Waals surface area contributed by atoms with Gasteiger partial charge in [0.05, 0.1) is 17.1 Å². The maximum atomic E-state index is 11.7. The van der Waals surface area contributed by atoms with Crippen LogP contribution >= 0.6 is 23.6 Å². The first kappa shape index (κ1) is 14.6. The minimum atomic E-state index is -0.449. The van der Waals surface area contributed by atoms with Crippen LogP contribution in [0.15, 0.2) is 42.1 Å². The van der Waals surface area contributed by atoms with E-state index in [1.165, 1.54) is 11.3 Å². The monoisotopic (exact) mass is 328 g/mol. The van der Waals surface area contributed by atoms with E-state index in [0.29, 0.717) is 16.2 Å². The summed E-state index contributed by atoms with van der Waals surface area (Å²) >= 11 is 6.53. The zero-order valence-electron chi connectivity index (χ0n) is 11.5. The van der Waals surface area contributed by atoms with E-state index < -0.39 is 5.91 Å². The van der Waals surface area contributed by atoms with Gasteiger partial charge in [0.2, 0.25) is 5.91 Å². The van der Waals surface area contributed by atoms with Crippen LogP contribution in [0.25, 0.3) is 16.5 Å². The Balaban J connectivity index is 1.90. The number of carbonyl (C=O) groups is 2. The van der Waals surface area contributed by atoms with Crippen molar-refractivity contribution in [2.24, 2.45) is 5.73 Å². The van der Waals surface area contributed by atoms with Crippen LogP contribution in [0, 0.1) is 0 Å². The van der Waals surface area contributed by atoms with Crippen molar-refractivity contribution in [3.8, 4) is 10.4 Å². The minimum Gasteiger partial charge on any atom is -0.366 e. The van der Waals surface area contributed by atoms with Crippen LogP contribution < -0.4 is 11.1 Å². The van der Waals surface area contributed by atoms with E-state index in [4.69, 9.17) is 18.0 Å². The molecule has 1 amide bonds. The SMILES string of the molecule is NC(=O)c1cccc(-c2ccc(/C=C3/NC(=S)CC3=O)s2)c1. The van der Waals surface area contributed by atoms with Crippen molar-refractivity contribution in [2.45, 2.75) is 6.42 Å². The first-order valence-corrected chi connectivity index (χ1v) is 7.80. The third-order valence-corrected chi connectivity index (χ3v) is 4.57. The molecule has 4 nitrogen and oxygen atoms in total. The molecule has 0 saturated carbocycles. The number of primary amides is 1. The smallest absolute Gasteiger partial charge is 0.248 e. The van der Waals surface area contributed by atoms with Gasteiger partial charge in [-0.25, -0.2) is 0 Å². The lowest BCUT2D eigenvalue weighted by molar-refractivity contribution is -0.114. The topological polar surface area (TPSA) is 72.2 Å². The quantitative estimate of drug-likeness (QED) is 0.671. The molecule has 6 heteroatoms. The Hall–Kier alpha value is -2.31. The van der Waals surface area contributed by atoms with Crippen LogP contribution in [-0.4, -0.2) is 16.7 Å².